The first-order valence-electron chi connectivity index (χ1n) is 11.5. The van der Waals surface area contributed by atoms with Gasteiger partial charge < -0.3 is 10.2 Å². The zero-order valence-electron chi connectivity index (χ0n) is 17.4. The molecule has 3 heterocycles. The van der Waals surface area contributed by atoms with E-state index in [1.165, 1.54) is 32.1 Å². The Morgan fingerprint density at radius 1 is 0.933 bits per heavy atom. The highest BCUT2D eigenvalue weighted by Crippen LogP contribution is 2.33. The molecule has 3 aliphatic heterocycles. The van der Waals surface area contributed by atoms with Crippen LogP contribution in [-0.2, 0) is 14.8 Å². The average molecular weight is 433 g/mol. The molecule has 2 atom stereocenters. The van der Waals surface area contributed by atoms with Crippen molar-refractivity contribution in [2.45, 2.75) is 74.5 Å². The van der Waals surface area contributed by atoms with E-state index in [2.05, 4.69) is 14.9 Å². The molecule has 0 radical (unpaired) electrons. The Labute approximate surface area is 179 Å². The molecule has 0 aromatic heterocycles. The van der Waals surface area contributed by atoms with Gasteiger partial charge in [-0.25, -0.2) is 8.42 Å². The molecule has 164 valence electrons. The summed E-state index contributed by atoms with van der Waals surface area (Å²) in [6.45, 7) is 2.48. The number of likely N-dealkylation sites (tertiary alicyclic amines) is 2. The molecule has 2 saturated heterocycles. The van der Waals surface area contributed by atoms with Gasteiger partial charge >= 0.3 is 0 Å². The summed E-state index contributed by atoms with van der Waals surface area (Å²) in [6, 6.07) is 7.69. The number of carbonyl (C=O) groups is 1. The molecule has 0 spiro atoms. The third kappa shape index (κ3) is 3.74. The summed E-state index contributed by atoms with van der Waals surface area (Å²) in [6.07, 6.45) is 8.68. The summed E-state index contributed by atoms with van der Waals surface area (Å²) < 4.78 is 28.0. The number of anilines is 1. The predicted molar refractivity (Wildman–Crippen MR) is 115 cm³/mol. The number of rotatable bonds is 3. The van der Waals surface area contributed by atoms with Gasteiger partial charge in [0.15, 0.2) is 0 Å². The molecule has 8 heteroatoms. The normalized spacial score (nSPS) is 30.2. The van der Waals surface area contributed by atoms with E-state index in [0.717, 1.165) is 25.8 Å². The second kappa shape index (κ2) is 8.13. The lowest BCUT2D eigenvalue weighted by Crippen LogP contribution is -2.61. The van der Waals surface area contributed by atoms with Gasteiger partial charge in [-0.2, -0.15) is 4.72 Å². The molecule has 0 bridgehead atoms. The summed E-state index contributed by atoms with van der Waals surface area (Å²) in [5.41, 5.74) is 0.664. The number of fused-ring (bicyclic) bond motifs is 1. The zero-order valence-corrected chi connectivity index (χ0v) is 18.2. The van der Waals surface area contributed by atoms with Gasteiger partial charge in [-0.05, 0) is 50.2 Å². The number of nitrogens with one attached hydrogen (secondary N) is 2. The first kappa shape index (κ1) is 20.3. The van der Waals surface area contributed by atoms with Crippen LogP contribution >= 0.6 is 0 Å². The predicted octanol–water partition coefficient (Wildman–Crippen LogP) is 2.36. The Balaban J connectivity index is 1.18. The summed E-state index contributed by atoms with van der Waals surface area (Å²) in [5.74, 6) is 0.459. The van der Waals surface area contributed by atoms with Crippen LogP contribution in [0.2, 0.25) is 0 Å². The van der Waals surface area contributed by atoms with Crippen LogP contribution in [0, 0.1) is 5.92 Å². The molecule has 1 aliphatic carbocycles. The fraction of sp³-hybridized carbons (Fsp3) is 0.682. The van der Waals surface area contributed by atoms with Crippen molar-refractivity contribution in [3.05, 3.63) is 24.3 Å². The van der Waals surface area contributed by atoms with E-state index in [1.54, 1.807) is 12.1 Å². The SMILES string of the molecule is O=C(C1CCN1C1CCCCC1)N1CCC(C2Nc3ccccc3S(=O)(=O)N2)CC1. The van der Waals surface area contributed by atoms with Crippen molar-refractivity contribution in [2.75, 3.05) is 25.0 Å². The van der Waals surface area contributed by atoms with Crippen molar-refractivity contribution in [2.24, 2.45) is 5.92 Å². The highest BCUT2D eigenvalue weighted by molar-refractivity contribution is 7.89. The number of hydrogen-bond acceptors (Lipinski definition) is 5. The number of nitrogens with zero attached hydrogens (tertiary/aromatic N) is 2. The quantitative estimate of drug-likeness (QED) is 0.766. The van der Waals surface area contributed by atoms with Crippen molar-refractivity contribution in [3.63, 3.8) is 0 Å². The number of amides is 1. The fourth-order valence-corrected chi connectivity index (χ4v) is 7.04. The largest absolute Gasteiger partial charge is 0.368 e. The van der Waals surface area contributed by atoms with Crippen LogP contribution in [0.25, 0.3) is 0 Å². The van der Waals surface area contributed by atoms with Gasteiger partial charge in [0, 0.05) is 25.7 Å². The number of piperidine rings is 1. The Kier molecular flexibility index (Phi) is 5.49. The van der Waals surface area contributed by atoms with Gasteiger partial charge in [-0.3, -0.25) is 9.69 Å². The van der Waals surface area contributed by atoms with E-state index in [0.29, 0.717) is 29.7 Å². The maximum absolute atomic E-state index is 13.1. The standard InChI is InChI=1S/C22H32N4O3S/c27-22(19-12-15-26(19)17-6-2-1-3-7-17)25-13-10-16(11-14-25)21-23-18-8-4-5-9-20(18)30(28,29)24-21/h4-5,8-9,16-17,19,21,23-24H,1-3,6-7,10-15H2. The first-order valence-corrected chi connectivity index (χ1v) is 12.9. The van der Waals surface area contributed by atoms with Gasteiger partial charge in [0.2, 0.25) is 15.9 Å². The molecule has 5 rings (SSSR count). The van der Waals surface area contributed by atoms with Crippen molar-refractivity contribution in [1.29, 1.82) is 0 Å². The van der Waals surface area contributed by atoms with Crippen LogP contribution < -0.4 is 10.0 Å². The lowest BCUT2D eigenvalue weighted by Gasteiger charge is -2.48. The Morgan fingerprint density at radius 2 is 1.67 bits per heavy atom. The highest BCUT2D eigenvalue weighted by atomic mass is 32.2. The van der Waals surface area contributed by atoms with Gasteiger partial charge in [0.1, 0.15) is 4.90 Å². The molecule has 2 unspecified atom stereocenters. The van der Waals surface area contributed by atoms with Gasteiger partial charge in [-0.15, -0.1) is 0 Å². The smallest absolute Gasteiger partial charge is 0.244 e. The molecule has 1 aromatic rings. The number of para-hydroxylation sites is 1. The minimum Gasteiger partial charge on any atom is -0.368 e. The Bertz CT molecular complexity index is 891. The zero-order chi connectivity index (χ0) is 20.7. The molecule has 1 aromatic carbocycles. The van der Waals surface area contributed by atoms with Crippen molar-refractivity contribution in [1.82, 2.24) is 14.5 Å². The second-order valence-corrected chi connectivity index (χ2v) is 10.9. The second-order valence-electron chi connectivity index (χ2n) is 9.24. The summed E-state index contributed by atoms with van der Waals surface area (Å²) >= 11 is 0. The van der Waals surface area contributed by atoms with Crippen molar-refractivity contribution >= 4 is 21.6 Å². The minimum atomic E-state index is -3.50. The Morgan fingerprint density at radius 3 is 2.37 bits per heavy atom. The molecule has 1 saturated carbocycles. The van der Waals surface area contributed by atoms with Crippen LogP contribution in [0.3, 0.4) is 0 Å². The van der Waals surface area contributed by atoms with E-state index in [1.807, 2.05) is 17.0 Å². The third-order valence-corrected chi connectivity index (χ3v) is 8.98. The van der Waals surface area contributed by atoms with Crippen molar-refractivity contribution in [3.8, 4) is 0 Å². The van der Waals surface area contributed by atoms with Crippen LogP contribution in [0.1, 0.15) is 51.4 Å². The molecule has 4 aliphatic rings. The number of carbonyl (C=O) groups excluding carboxylic acids is 1. The highest BCUT2D eigenvalue weighted by Gasteiger charge is 2.42. The lowest BCUT2D eigenvalue weighted by atomic mass is 9.88. The number of benzene rings is 1. The maximum atomic E-state index is 13.1. The van der Waals surface area contributed by atoms with Gasteiger partial charge in [0.05, 0.1) is 17.9 Å². The van der Waals surface area contributed by atoms with E-state index < -0.39 is 10.0 Å². The Hall–Kier alpha value is -1.64. The molecule has 1 amide bonds. The molecular formula is C22H32N4O3S. The van der Waals surface area contributed by atoms with Crippen LogP contribution in [0.4, 0.5) is 5.69 Å². The number of sulfonamides is 1. The minimum absolute atomic E-state index is 0.0721. The monoisotopic (exact) mass is 432 g/mol. The van der Waals surface area contributed by atoms with Crippen LogP contribution in [-0.4, -0.2) is 62.0 Å². The van der Waals surface area contributed by atoms with Crippen LogP contribution in [0.5, 0.6) is 0 Å². The molecule has 2 N–H and O–H groups in total. The number of hydrogen-bond donors (Lipinski definition) is 2. The summed E-state index contributed by atoms with van der Waals surface area (Å²) in [4.78, 5) is 17.9. The van der Waals surface area contributed by atoms with E-state index in [4.69, 9.17) is 0 Å². The fourth-order valence-electron chi connectivity index (χ4n) is 5.65. The molecule has 7 nitrogen and oxygen atoms in total. The molecule has 30 heavy (non-hydrogen) atoms. The summed E-state index contributed by atoms with van der Waals surface area (Å²) in [5, 5.41) is 3.36. The molecule has 3 fully saturated rings. The maximum Gasteiger partial charge on any atom is 0.244 e. The summed E-state index contributed by atoms with van der Waals surface area (Å²) in [7, 11) is -3.50. The van der Waals surface area contributed by atoms with E-state index >= 15 is 0 Å². The van der Waals surface area contributed by atoms with Gasteiger partial charge in [0.25, 0.3) is 0 Å². The topological polar surface area (TPSA) is 81.8 Å². The third-order valence-electron chi connectivity index (χ3n) is 7.48. The first-order chi connectivity index (χ1) is 14.5. The average Bonchev–Trinajstić information content (AvgIpc) is 2.73. The van der Waals surface area contributed by atoms with Crippen molar-refractivity contribution < 1.29 is 13.2 Å². The van der Waals surface area contributed by atoms with Crippen LogP contribution in [0.15, 0.2) is 29.2 Å². The lowest BCUT2D eigenvalue weighted by molar-refractivity contribution is -0.145. The van der Waals surface area contributed by atoms with Gasteiger partial charge in [-0.1, -0.05) is 31.4 Å². The van der Waals surface area contributed by atoms with E-state index in [-0.39, 0.29) is 24.0 Å². The molecular weight excluding hydrogens is 400 g/mol. The van der Waals surface area contributed by atoms with E-state index in [9.17, 15) is 13.2 Å².